The maximum Gasteiger partial charge on any atom is 0.0921 e. The lowest BCUT2D eigenvalue weighted by Gasteiger charge is -2.31. The normalized spacial score (nSPS) is 23.9. The summed E-state index contributed by atoms with van der Waals surface area (Å²) in [6, 6.07) is 1.11. The number of likely N-dealkylation sites (N-methyl/N-ethyl adjacent to an activating group) is 2. The number of nitrogens with zero attached hydrogens (tertiary/aromatic N) is 2. The van der Waals surface area contributed by atoms with Gasteiger partial charge in [0.15, 0.2) is 0 Å². The lowest BCUT2D eigenvalue weighted by molar-refractivity contribution is 0.175. The van der Waals surface area contributed by atoms with Gasteiger partial charge in [-0.2, -0.15) is 0 Å². The Balaban J connectivity index is 2.42. The summed E-state index contributed by atoms with van der Waals surface area (Å²) in [4.78, 5) is 4.81. The molecule has 1 rings (SSSR count). The van der Waals surface area contributed by atoms with Gasteiger partial charge < -0.3 is 15.5 Å². The second-order valence-corrected chi connectivity index (χ2v) is 5.01. The predicted octanol–water partition coefficient (Wildman–Crippen LogP) is 1.12. The van der Waals surface area contributed by atoms with E-state index in [0.29, 0.717) is 24.3 Å². The number of rotatable bonds is 6. The lowest BCUT2D eigenvalue weighted by atomic mass is 10.1. The molecule has 1 fully saturated rings. The Hall–Kier alpha value is -0.610. The van der Waals surface area contributed by atoms with Gasteiger partial charge in [0.25, 0.3) is 0 Å². The smallest absolute Gasteiger partial charge is 0.0921 e. The van der Waals surface area contributed by atoms with Gasteiger partial charge in [0, 0.05) is 25.0 Å². The molecule has 1 heterocycles. The summed E-state index contributed by atoms with van der Waals surface area (Å²) in [5, 5.41) is 7.39. The molecule has 2 atom stereocenters. The van der Waals surface area contributed by atoms with E-state index in [4.69, 9.17) is 11.1 Å². The summed E-state index contributed by atoms with van der Waals surface area (Å²) in [5.41, 5.74) is 5.49. The average molecular weight is 226 g/mol. The highest BCUT2D eigenvalue weighted by Gasteiger charge is 2.24. The summed E-state index contributed by atoms with van der Waals surface area (Å²) in [6.45, 7) is 4.49. The molecule has 0 aliphatic carbocycles. The molecule has 1 saturated heterocycles. The van der Waals surface area contributed by atoms with Crippen LogP contribution in [0.1, 0.15) is 32.6 Å². The van der Waals surface area contributed by atoms with Gasteiger partial charge >= 0.3 is 0 Å². The molecule has 0 aromatic heterocycles. The van der Waals surface area contributed by atoms with Crippen LogP contribution in [0.5, 0.6) is 0 Å². The quantitative estimate of drug-likeness (QED) is 0.527. The SMILES string of the molecule is CCC(CC(=N)N)N(C)CC1CCCN1C. The molecule has 16 heavy (non-hydrogen) atoms. The van der Waals surface area contributed by atoms with Crippen molar-refractivity contribution in [1.82, 2.24) is 9.80 Å². The van der Waals surface area contributed by atoms with E-state index in [-0.39, 0.29) is 0 Å². The molecule has 0 saturated carbocycles. The third kappa shape index (κ3) is 3.76. The van der Waals surface area contributed by atoms with Crippen molar-refractivity contribution in [3.8, 4) is 0 Å². The van der Waals surface area contributed by atoms with Crippen molar-refractivity contribution >= 4 is 5.84 Å². The Morgan fingerprint density at radius 1 is 1.62 bits per heavy atom. The molecule has 0 aromatic carbocycles. The van der Waals surface area contributed by atoms with E-state index in [1.807, 2.05) is 0 Å². The van der Waals surface area contributed by atoms with Crippen LogP contribution >= 0.6 is 0 Å². The van der Waals surface area contributed by atoms with Gasteiger partial charge in [-0.15, -0.1) is 0 Å². The molecule has 3 N–H and O–H groups in total. The van der Waals surface area contributed by atoms with Crippen molar-refractivity contribution in [3.05, 3.63) is 0 Å². The van der Waals surface area contributed by atoms with Crippen LogP contribution in [0.25, 0.3) is 0 Å². The second kappa shape index (κ2) is 6.21. The van der Waals surface area contributed by atoms with Crippen molar-refractivity contribution in [2.45, 2.75) is 44.7 Å². The topological polar surface area (TPSA) is 56.4 Å². The van der Waals surface area contributed by atoms with E-state index in [0.717, 1.165) is 13.0 Å². The number of nitrogens with one attached hydrogen (secondary N) is 1. The van der Waals surface area contributed by atoms with Crippen molar-refractivity contribution in [2.24, 2.45) is 5.73 Å². The van der Waals surface area contributed by atoms with Gasteiger partial charge in [-0.05, 0) is 39.9 Å². The Bertz CT molecular complexity index is 229. The van der Waals surface area contributed by atoms with Crippen molar-refractivity contribution < 1.29 is 0 Å². The van der Waals surface area contributed by atoms with Crippen molar-refractivity contribution in [2.75, 3.05) is 27.2 Å². The molecule has 1 aliphatic heterocycles. The zero-order valence-corrected chi connectivity index (χ0v) is 10.9. The molecular weight excluding hydrogens is 200 g/mol. The minimum absolute atomic E-state index is 0.304. The van der Waals surface area contributed by atoms with Crippen LogP contribution in [0.2, 0.25) is 0 Å². The van der Waals surface area contributed by atoms with Gasteiger partial charge in [-0.1, -0.05) is 6.92 Å². The number of amidine groups is 1. The minimum Gasteiger partial charge on any atom is -0.388 e. The van der Waals surface area contributed by atoms with E-state index in [1.54, 1.807) is 0 Å². The monoisotopic (exact) mass is 226 g/mol. The fourth-order valence-electron chi connectivity index (χ4n) is 2.56. The summed E-state index contributed by atoms with van der Waals surface area (Å²) >= 11 is 0. The molecule has 0 aromatic rings. The molecule has 94 valence electrons. The number of hydrogen-bond donors (Lipinski definition) is 2. The lowest BCUT2D eigenvalue weighted by Crippen LogP contribution is -2.42. The Labute approximate surface area is 99.3 Å². The molecule has 0 spiro atoms. The Morgan fingerprint density at radius 2 is 2.31 bits per heavy atom. The first-order chi connectivity index (χ1) is 7.54. The molecule has 0 amide bonds. The zero-order chi connectivity index (χ0) is 12.1. The van der Waals surface area contributed by atoms with Crippen LogP contribution in [-0.2, 0) is 0 Å². The van der Waals surface area contributed by atoms with E-state index >= 15 is 0 Å². The predicted molar refractivity (Wildman–Crippen MR) is 68.9 cm³/mol. The summed E-state index contributed by atoms with van der Waals surface area (Å²) in [5.74, 6) is 0.304. The van der Waals surface area contributed by atoms with Crippen LogP contribution in [-0.4, -0.2) is 54.9 Å². The minimum atomic E-state index is 0.304. The first-order valence-electron chi connectivity index (χ1n) is 6.28. The maximum atomic E-state index is 7.39. The second-order valence-electron chi connectivity index (χ2n) is 5.01. The van der Waals surface area contributed by atoms with E-state index < -0.39 is 0 Å². The maximum absolute atomic E-state index is 7.39. The molecule has 0 radical (unpaired) electrons. The van der Waals surface area contributed by atoms with E-state index in [9.17, 15) is 0 Å². The van der Waals surface area contributed by atoms with Crippen LogP contribution in [0, 0.1) is 5.41 Å². The molecular formula is C12H26N4. The first kappa shape index (κ1) is 13.5. The van der Waals surface area contributed by atoms with Gasteiger partial charge in [0.05, 0.1) is 5.84 Å². The number of hydrogen-bond acceptors (Lipinski definition) is 3. The molecule has 4 heteroatoms. The first-order valence-corrected chi connectivity index (χ1v) is 6.28. The van der Waals surface area contributed by atoms with Crippen LogP contribution in [0.15, 0.2) is 0 Å². The average Bonchev–Trinajstić information content (AvgIpc) is 2.60. The highest BCUT2D eigenvalue weighted by atomic mass is 15.2. The molecule has 1 aliphatic rings. The zero-order valence-electron chi connectivity index (χ0n) is 10.9. The standard InChI is InChI=1S/C12H26N4/c1-4-10(8-12(13)14)16(3)9-11-6-5-7-15(11)2/h10-11H,4-9H2,1-3H3,(H3,13,14). The van der Waals surface area contributed by atoms with Gasteiger partial charge in [0.1, 0.15) is 0 Å². The molecule has 2 unspecified atom stereocenters. The molecule has 0 bridgehead atoms. The highest BCUT2D eigenvalue weighted by molar-refractivity contribution is 5.77. The van der Waals surface area contributed by atoms with Crippen molar-refractivity contribution in [1.29, 1.82) is 5.41 Å². The largest absolute Gasteiger partial charge is 0.388 e. The third-order valence-electron chi connectivity index (χ3n) is 3.72. The van der Waals surface area contributed by atoms with Gasteiger partial charge in [-0.3, -0.25) is 5.41 Å². The third-order valence-corrected chi connectivity index (χ3v) is 3.72. The van der Waals surface area contributed by atoms with E-state index in [1.165, 1.54) is 19.4 Å². The van der Waals surface area contributed by atoms with Gasteiger partial charge in [-0.25, -0.2) is 0 Å². The number of likely N-dealkylation sites (tertiary alicyclic amines) is 1. The highest BCUT2D eigenvalue weighted by Crippen LogP contribution is 2.17. The number of nitrogens with two attached hydrogens (primary N) is 1. The fraction of sp³-hybridized carbons (Fsp3) is 0.917. The summed E-state index contributed by atoms with van der Waals surface area (Å²) in [6.07, 6.45) is 4.38. The van der Waals surface area contributed by atoms with Crippen LogP contribution < -0.4 is 5.73 Å². The van der Waals surface area contributed by atoms with E-state index in [2.05, 4.69) is 30.8 Å². The van der Waals surface area contributed by atoms with Crippen molar-refractivity contribution in [3.63, 3.8) is 0 Å². The fourth-order valence-corrected chi connectivity index (χ4v) is 2.56. The summed E-state index contributed by atoms with van der Waals surface area (Å²) < 4.78 is 0. The summed E-state index contributed by atoms with van der Waals surface area (Å²) in [7, 11) is 4.36. The van der Waals surface area contributed by atoms with Gasteiger partial charge in [0.2, 0.25) is 0 Å². The van der Waals surface area contributed by atoms with Crippen LogP contribution in [0.3, 0.4) is 0 Å². The Kier molecular flexibility index (Phi) is 5.22. The van der Waals surface area contributed by atoms with Crippen LogP contribution in [0.4, 0.5) is 0 Å². The Morgan fingerprint density at radius 3 is 2.75 bits per heavy atom. The molecule has 4 nitrogen and oxygen atoms in total.